The summed E-state index contributed by atoms with van der Waals surface area (Å²) >= 11 is 0. The number of aromatic nitrogens is 4. The Morgan fingerprint density at radius 1 is 1.35 bits per heavy atom. The zero-order valence-electron chi connectivity index (χ0n) is 8.95. The first kappa shape index (κ1) is 9.98. The van der Waals surface area contributed by atoms with E-state index in [2.05, 4.69) is 9.97 Å². The molecule has 0 unspecified atom stereocenters. The Labute approximate surface area is 95.8 Å². The van der Waals surface area contributed by atoms with E-state index in [9.17, 15) is 4.79 Å². The minimum Gasteiger partial charge on any atom is -0.395 e. The Hall–Kier alpha value is -2.21. The van der Waals surface area contributed by atoms with E-state index < -0.39 is 0 Å². The van der Waals surface area contributed by atoms with E-state index in [0.717, 1.165) is 0 Å². The maximum Gasteiger partial charge on any atom is 0.286 e. The van der Waals surface area contributed by atoms with Gasteiger partial charge in [0, 0.05) is 12.7 Å². The fourth-order valence-electron chi connectivity index (χ4n) is 1.83. The quantitative estimate of drug-likeness (QED) is 0.674. The van der Waals surface area contributed by atoms with Gasteiger partial charge in [0.1, 0.15) is 5.65 Å². The molecule has 86 valence electrons. The molecular weight excluding hydrogens is 220 g/mol. The molecule has 0 fully saturated rings. The molecule has 0 bridgehead atoms. The van der Waals surface area contributed by atoms with Crippen molar-refractivity contribution >= 4 is 16.8 Å². The number of imidazole rings is 1. The fraction of sp³-hybridized carbons (Fsp3) is 0.182. The van der Waals surface area contributed by atoms with E-state index in [1.54, 1.807) is 22.9 Å². The maximum atomic E-state index is 12.1. The van der Waals surface area contributed by atoms with Gasteiger partial charge in [-0.25, -0.2) is 9.97 Å². The zero-order chi connectivity index (χ0) is 11.8. The highest BCUT2D eigenvalue weighted by molar-refractivity contribution is 5.72. The van der Waals surface area contributed by atoms with Crippen LogP contribution in [0.1, 0.15) is 0 Å². The minimum absolute atomic E-state index is 0.0126. The molecule has 0 atom stereocenters. The SMILES string of the molecule is O=c1c2ncn(CCO)c2nc2ccccn12. The van der Waals surface area contributed by atoms with Crippen LogP contribution in [-0.2, 0) is 6.54 Å². The monoisotopic (exact) mass is 230 g/mol. The molecule has 3 aromatic heterocycles. The van der Waals surface area contributed by atoms with Crippen LogP contribution < -0.4 is 5.56 Å². The van der Waals surface area contributed by atoms with Crippen molar-refractivity contribution in [1.29, 1.82) is 0 Å². The Bertz CT molecular complexity index is 744. The molecule has 3 rings (SSSR count). The number of pyridine rings is 1. The molecule has 17 heavy (non-hydrogen) atoms. The molecule has 6 heteroatoms. The summed E-state index contributed by atoms with van der Waals surface area (Å²) in [5.74, 6) is 0. The average molecular weight is 230 g/mol. The first-order chi connectivity index (χ1) is 8.31. The molecule has 0 aliphatic carbocycles. The van der Waals surface area contributed by atoms with E-state index >= 15 is 0 Å². The maximum absolute atomic E-state index is 12.1. The van der Waals surface area contributed by atoms with Crippen LogP contribution >= 0.6 is 0 Å². The van der Waals surface area contributed by atoms with Gasteiger partial charge in [-0.2, -0.15) is 0 Å². The molecule has 0 aliphatic rings. The number of aliphatic hydroxyl groups is 1. The van der Waals surface area contributed by atoms with Crippen molar-refractivity contribution in [2.45, 2.75) is 6.54 Å². The van der Waals surface area contributed by atoms with Gasteiger partial charge in [-0.05, 0) is 12.1 Å². The Morgan fingerprint density at radius 3 is 3.06 bits per heavy atom. The molecular formula is C11H10N4O2. The number of fused-ring (bicyclic) bond motifs is 2. The van der Waals surface area contributed by atoms with E-state index in [1.165, 1.54) is 10.7 Å². The van der Waals surface area contributed by atoms with Crippen molar-refractivity contribution in [3.8, 4) is 0 Å². The lowest BCUT2D eigenvalue weighted by Gasteiger charge is -2.02. The minimum atomic E-state index is -0.192. The molecule has 0 amide bonds. The first-order valence-electron chi connectivity index (χ1n) is 5.24. The molecule has 0 spiro atoms. The van der Waals surface area contributed by atoms with Crippen molar-refractivity contribution < 1.29 is 5.11 Å². The van der Waals surface area contributed by atoms with E-state index in [-0.39, 0.29) is 12.2 Å². The Kier molecular flexibility index (Phi) is 2.15. The largest absolute Gasteiger partial charge is 0.395 e. The Morgan fingerprint density at radius 2 is 2.24 bits per heavy atom. The summed E-state index contributed by atoms with van der Waals surface area (Å²) in [6.07, 6.45) is 3.18. The number of nitrogens with zero attached hydrogens (tertiary/aromatic N) is 4. The van der Waals surface area contributed by atoms with Gasteiger partial charge in [0.15, 0.2) is 11.2 Å². The molecule has 0 aliphatic heterocycles. The molecule has 1 N–H and O–H groups in total. The number of rotatable bonds is 2. The molecule has 0 radical (unpaired) electrons. The summed E-state index contributed by atoms with van der Waals surface area (Å²) in [5.41, 5.74) is 1.21. The topological polar surface area (TPSA) is 72.4 Å². The molecule has 0 aromatic carbocycles. The summed E-state index contributed by atoms with van der Waals surface area (Å²) in [6, 6.07) is 5.35. The predicted octanol–water partition coefficient (Wildman–Crippen LogP) is 0.0365. The van der Waals surface area contributed by atoms with E-state index in [1.807, 2.05) is 6.07 Å². The van der Waals surface area contributed by atoms with Crippen molar-refractivity contribution in [1.82, 2.24) is 18.9 Å². The second-order valence-corrected chi connectivity index (χ2v) is 3.68. The van der Waals surface area contributed by atoms with Crippen molar-refractivity contribution in [2.75, 3.05) is 6.61 Å². The molecule has 3 aromatic rings. The second kappa shape index (κ2) is 3.67. The van der Waals surface area contributed by atoms with Crippen LogP contribution in [-0.4, -0.2) is 30.6 Å². The average Bonchev–Trinajstić information content (AvgIpc) is 2.74. The van der Waals surface area contributed by atoms with Crippen LogP contribution in [0.5, 0.6) is 0 Å². The zero-order valence-corrected chi connectivity index (χ0v) is 8.95. The van der Waals surface area contributed by atoms with E-state index in [0.29, 0.717) is 23.4 Å². The van der Waals surface area contributed by atoms with Gasteiger partial charge in [0.2, 0.25) is 0 Å². The van der Waals surface area contributed by atoms with Crippen LogP contribution in [0.3, 0.4) is 0 Å². The third-order valence-corrected chi connectivity index (χ3v) is 2.63. The third-order valence-electron chi connectivity index (χ3n) is 2.63. The molecule has 0 saturated heterocycles. The van der Waals surface area contributed by atoms with Crippen LogP contribution in [0.2, 0.25) is 0 Å². The second-order valence-electron chi connectivity index (χ2n) is 3.68. The van der Waals surface area contributed by atoms with Gasteiger partial charge in [0.05, 0.1) is 12.9 Å². The lowest BCUT2D eigenvalue weighted by molar-refractivity contribution is 0.277. The van der Waals surface area contributed by atoms with Crippen molar-refractivity contribution in [3.05, 3.63) is 41.1 Å². The number of aliphatic hydroxyl groups excluding tert-OH is 1. The Balaban J connectivity index is 2.44. The first-order valence-corrected chi connectivity index (χ1v) is 5.24. The van der Waals surface area contributed by atoms with Crippen LogP contribution in [0, 0.1) is 0 Å². The van der Waals surface area contributed by atoms with E-state index in [4.69, 9.17) is 5.11 Å². The predicted molar refractivity (Wildman–Crippen MR) is 61.8 cm³/mol. The lowest BCUT2D eigenvalue weighted by atomic mass is 10.4. The number of hydrogen-bond acceptors (Lipinski definition) is 4. The summed E-state index contributed by atoms with van der Waals surface area (Å²) in [5, 5.41) is 8.92. The summed E-state index contributed by atoms with van der Waals surface area (Å²) in [7, 11) is 0. The van der Waals surface area contributed by atoms with Gasteiger partial charge in [-0.3, -0.25) is 9.20 Å². The lowest BCUT2D eigenvalue weighted by Crippen LogP contribution is -2.15. The third kappa shape index (κ3) is 1.42. The smallest absolute Gasteiger partial charge is 0.286 e. The summed E-state index contributed by atoms with van der Waals surface area (Å²) in [6.45, 7) is 0.368. The summed E-state index contributed by atoms with van der Waals surface area (Å²) < 4.78 is 3.13. The van der Waals surface area contributed by atoms with Gasteiger partial charge < -0.3 is 9.67 Å². The highest BCUT2D eigenvalue weighted by Gasteiger charge is 2.10. The summed E-state index contributed by atoms with van der Waals surface area (Å²) in [4.78, 5) is 20.5. The molecule has 0 saturated carbocycles. The van der Waals surface area contributed by atoms with Crippen molar-refractivity contribution in [2.24, 2.45) is 0 Å². The normalized spacial score (nSPS) is 11.4. The highest BCUT2D eigenvalue weighted by Crippen LogP contribution is 2.07. The van der Waals surface area contributed by atoms with Gasteiger partial charge in [-0.15, -0.1) is 0 Å². The molecule has 3 heterocycles. The van der Waals surface area contributed by atoms with Gasteiger partial charge in [-0.1, -0.05) is 6.07 Å². The number of hydrogen-bond donors (Lipinski definition) is 1. The van der Waals surface area contributed by atoms with Gasteiger partial charge >= 0.3 is 0 Å². The van der Waals surface area contributed by atoms with Crippen LogP contribution in [0.15, 0.2) is 35.5 Å². The standard InChI is InChI=1S/C11H10N4O2/c16-6-5-14-7-12-9-10(14)13-8-3-1-2-4-15(8)11(9)17/h1-4,7,16H,5-6H2. The van der Waals surface area contributed by atoms with Gasteiger partial charge in [0.25, 0.3) is 5.56 Å². The highest BCUT2D eigenvalue weighted by atomic mass is 16.3. The van der Waals surface area contributed by atoms with Crippen LogP contribution in [0.4, 0.5) is 0 Å². The van der Waals surface area contributed by atoms with Crippen molar-refractivity contribution in [3.63, 3.8) is 0 Å². The fourth-order valence-corrected chi connectivity index (χ4v) is 1.83. The van der Waals surface area contributed by atoms with Crippen LogP contribution in [0.25, 0.3) is 16.8 Å². The molecule has 6 nitrogen and oxygen atoms in total.